The third-order valence-electron chi connectivity index (χ3n) is 3.65. The zero-order valence-corrected chi connectivity index (χ0v) is 13.3. The van der Waals surface area contributed by atoms with Crippen LogP contribution in [-0.4, -0.2) is 48.7 Å². The molecule has 0 aromatic carbocycles. The van der Waals surface area contributed by atoms with Crippen LogP contribution in [0.3, 0.4) is 0 Å². The number of nitrogens with two attached hydrogens (primary N) is 1. The smallest absolute Gasteiger partial charge is 0.236 e. The van der Waals surface area contributed by atoms with E-state index in [4.69, 9.17) is 15.7 Å². The molecule has 0 saturated carbocycles. The number of amidine groups is 1. The summed E-state index contributed by atoms with van der Waals surface area (Å²) in [7, 11) is 1.61. The molecular weight excluding hydrogens is 258 g/mol. The number of oxime groups is 1. The van der Waals surface area contributed by atoms with E-state index in [-0.39, 0.29) is 11.7 Å². The number of amides is 1. The molecule has 0 aromatic rings. The predicted octanol–water partition coefficient (Wildman–Crippen LogP) is 1.67. The summed E-state index contributed by atoms with van der Waals surface area (Å²) in [5.41, 5.74) is 4.86. The second-order valence-corrected chi connectivity index (χ2v) is 5.41. The third kappa shape index (κ3) is 4.37. The highest BCUT2D eigenvalue weighted by Crippen LogP contribution is 2.29. The lowest BCUT2D eigenvalue weighted by molar-refractivity contribution is -0.140. The van der Waals surface area contributed by atoms with E-state index < -0.39 is 5.41 Å². The van der Waals surface area contributed by atoms with Crippen LogP contribution in [0.25, 0.3) is 0 Å². The summed E-state index contributed by atoms with van der Waals surface area (Å²) < 4.78 is 5.07. The molecular formula is C14H29N3O3. The lowest BCUT2D eigenvalue weighted by Crippen LogP contribution is -2.52. The van der Waals surface area contributed by atoms with Crippen molar-refractivity contribution < 1.29 is 14.7 Å². The Kier molecular flexibility index (Phi) is 8.22. The first kappa shape index (κ1) is 18.7. The molecule has 0 aliphatic heterocycles. The molecule has 0 saturated heterocycles. The SMILES string of the molecule is CCC(CC)(C(=O)N(CCOC)CC(C)C)C(N)=NO. The summed E-state index contributed by atoms with van der Waals surface area (Å²) in [6.45, 7) is 9.47. The van der Waals surface area contributed by atoms with Gasteiger partial charge < -0.3 is 20.6 Å². The summed E-state index contributed by atoms with van der Waals surface area (Å²) >= 11 is 0. The number of ether oxygens (including phenoxy) is 1. The first-order valence-corrected chi connectivity index (χ1v) is 7.15. The Hall–Kier alpha value is -1.30. The fraction of sp³-hybridized carbons (Fsp3) is 0.857. The quantitative estimate of drug-likeness (QED) is 0.292. The summed E-state index contributed by atoms with van der Waals surface area (Å²) in [5, 5.41) is 12.1. The molecule has 6 heteroatoms. The van der Waals surface area contributed by atoms with Crippen molar-refractivity contribution in [3.63, 3.8) is 0 Å². The van der Waals surface area contributed by atoms with Gasteiger partial charge in [0, 0.05) is 20.2 Å². The second-order valence-electron chi connectivity index (χ2n) is 5.41. The van der Waals surface area contributed by atoms with E-state index in [1.807, 2.05) is 13.8 Å². The molecule has 0 bridgehead atoms. The summed E-state index contributed by atoms with van der Waals surface area (Å²) in [6.07, 6.45) is 1.000. The fourth-order valence-electron chi connectivity index (χ4n) is 2.34. The van der Waals surface area contributed by atoms with Crippen LogP contribution in [-0.2, 0) is 9.53 Å². The monoisotopic (exact) mass is 287 g/mol. The minimum Gasteiger partial charge on any atom is -0.409 e. The van der Waals surface area contributed by atoms with Crippen molar-refractivity contribution in [3.8, 4) is 0 Å². The van der Waals surface area contributed by atoms with Crippen molar-refractivity contribution in [1.29, 1.82) is 0 Å². The Morgan fingerprint density at radius 2 is 1.95 bits per heavy atom. The van der Waals surface area contributed by atoms with Gasteiger partial charge in [0.1, 0.15) is 5.41 Å². The van der Waals surface area contributed by atoms with Crippen LogP contribution in [0.4, 0.5) is 0 Å². The first-order valence-electron chi connectivity index (χ1n) is 7.15. The largest absolute Gasteiger partial charge is 0.409 e. The zero-order valence-electron chi connectivity index (χ0n) is 13.3. The lowest BCUT2D eigenvalue weighted by Gasteiger charge is -2.35. The Morgan fingerprint density at radius 3 is 2.30 bits per heavy atom. The number of carbonyl (C=O) groups is 1. The molecule has 0 heterocycles. The molecule has 0 aliphatic rings. The minimum absolute atomic E-state index is 0.0151. The van der Waals surface area contributed by atoms with Crippen molar-refractivity contribution in [2.75, 3.05) is 26.8 Å². The first-order chi connectivity index (χ1) is 9.39. The van der Waals surface area contributed by atoms with Gasteiger partial charge in [-0.2, -0.15) is 0 Å². The van der Waals surface area contributed by atoms with Gasteiger partial charge in [-0.15, -0.1) is 0 Å². The molecule has 0 rings (SSSR count). The van der Waals surface area contributed by atoms with E-state index in [1.165, 1.54) is 0 Å². The van der Waals surface area contributed by atoms with Crippen molar-refractivity contribution in [2.45, 2.75) is 40.5 Å². The van der Waals surface area contributed by atoms with Crippen LogP contribution >= 0.6 is 0 Å². The number of methoxy groups -OCH3 is 1. The highest BCUT2D eigenvalue weighted by Gasteiger charge is 2.42. The molecule has 3 N–H and O–H groups in total. The number of carbonyl (C=O) groups excluding carboxylic acids is 1. The van der Waals surface area contributed by atoms with Gasteiger partial charge in [-0.3, -0.25) is 4.79 Å². The van der Waals surface area contributed by atoms with E-state index >= 15 is 0 Å². The van der Waals surface area contributed by atoms with Gasteiger partial charge in [0.15, 0.2) is 5.84 Å². The molecule has 0 aromatic heterocycles. The van der Waals surface area contributed by atoms with E-state index in [1.54, 1.807) is 12.0 Å². The van der Waals surface area contributed by atoms with Crippen molar-refractivity contribution in [2.24, 2.45) is 22.2 Å². The van der Waals surface area contributed by atoms with Crippen molar-refractivity contribution >= 4 is 11.7 Å². The minimum atomic E-state index is -0.933. The van der Waals surface area contributed by atoms with Gasteiger partial charge in [-0.25, -0.2) is 0 Å². The molecule has 0 fully saturated rings. The average molecular weight is 287 g/mol. The van der Waals surface area contributed by atoms with Crippen LogP contribution in [0.2, 0.25) is 0 Å². The molecule has 0 unspecified atom stereocenters. The Morgan fingerprint density at radius 1 is 1.40 bits per heavy atom. The van der Waals surface area contributed by atoms with Crippen molar-refractivity contribution in [1.82, 2.24) is 4.90 Å². The molecule has 1 amide bonds. The number of hydrogen-bond acceptors (Lipinski definition) is 4. The summed E-state index contributed by atoms with van der Waals surface area (Å²) in [5.74, 6) is 0.233. The van der Waals surface area contributed by atoms with E-state index in [9.17, 15) is 4.79 Å². The lowest BCUT2D eigenvalue weighted by atomic mass is 9.79. The Bertz CT molecular complexity index is 326. The van der Waals surface area contributed by atoms with Gasteiger partial charge >= 0.3 is 0 Å². The average Bonchev–Trinajstić information content (AvgIpc) is 2.44. The summed E-state index contributed by atoms with van der Waals surface area (Å²) in [4.78, 5) is 14.6. The number of rotatable bonds is 9. The molecule has 0 atom stereocenters. The number of hydrogen-bond donors (Lipinski definition) is 2. The molecule has 20 heavy (non-hydrogen) atoms. The molecule has 0 spiro atoms. The van der Waals surface area contributed by atoms with Gasteiger partial charge in [0.2, 0.25) is 5.91 Å². The molecule has 6 nitrogen and oxygen atoms in total. The van der Waals surface area contributed by atoms with Crippen LogP contribution in [0.1, 0.15) is 40.5 Å². The van der Waals surface area contributed by atoms with Gasteiger partial charge in [0.25, 0.3) is 0 Å². The van der Waals surface area contributed by atoms with E-state index in [0.29, 0.717) is 38.5 Å². The fourth-order valence-corrected chi connectivity index (χ4v) is 2.34. The second kappa shape index (κ2) is 8.79. The topological polar surface area (TPSA) is 88.2 Å². The van der Waals surface area contributed by atoms with E-state index in [2.05, 4.69) is 19.0 Å². The zero-order chi connectivity index (χ0) is 15.8. The van der Waals surface area contributed by atoms with Crippen LogP contribution in [0.5, 0.6) is 0 Å². The van der Waals surface area contributed by atoms with Gasteiger partial charge in [-0.05, 0) is 18.8 Å². The predicted molar refractivity (Wildman–Crippen MR) is 79.7 cm³/mol. The Labute approximate surface area is 122 Å². The standard InChI is InChI=1S/C14H29N3O3/c1-6-14(7-2,12(15)16-19)13(18)17(8-9-20-5)10-11(3)4/h11,19H,6-10H2,1-5H3,(H2,15,16). The van der Waals surface area contributed by atoms with Gasteiger partial charge in [-0.1, -0.05) is 32.9 Å². The summed E-state index contributed by atoms with van der Waals surface area (Å²) in [6, 6.07) is 0. The maximum atomic E-state index is 12.9. The Balaban J connectivity index is 5.34. The van der Waals surface area contributed by atoms with Gasteiger partial charge in [0.05, 0.1) is 6.61 Å². The third-order valence-corrected chi connectivity index (χ3v) is 3.65. The maximum absolute atomic E-state index is 12.9. The van der Waals surface area contributed by atoms with Crippen LogP contribution < -0.4 is 5.73 Å². The van der Waals surface area contributed by atoms with E-state index in [0.717, 1.165) is 0 Å². The van der Waals surface area contributed by atoms with Crippen LogP contribution in [0, 0.1) is 11.3 Å². The molecule has 0 aliphatic carbocycles. The van der Waals surface area contributed by atoms with Crippen LogP contribution in [0.15, 0.2) is 5.16 Å². The highest BCUT2D eigenvalue weighted by atomic mass is 16.5. The molecule has 118 valence electrons. The molecule has 0 radical (unpaired) electrons. The maximum Gasteiger partial charge on any atom is 0.236 e. The normalized spacial score (nSPS) is 12.8. The highest BCUT2D eigenvalue weighted by molar-refractivity contribution is 6.06. The number of nitrogens with zero attached hydrogens (tertiary/aromatic N) is 2. The van der Waals surface area contributed by atoms with Crippen molar-refractivity contribution in [3.05, 3.63) is 0 Å².